The molecule has 0 aliphatic rings. The number of hydrogen-bond acceptors (Lipinski definition) is 14. The molecule has 0 aromatic heterocycles. The largest absolute Gasteiger partial charge is 2.00 e. The van der Waals surface area contributed by atoms with Gasteiger partial charge in [-0.25, -0.2) is 36.0 Å². The predicted molar refractivity (Wildman–Crippen MR) is 470 cm³/mol. The fourth-order valence-electron chi connectivity index (χ4n) is 14.1. The van der Waals surface area contributed by atoms with E-state index in [1.807, 2.05) is 24.3 Å². The van der Waals surface area contributed by atoms with Crippen LogP contribution in [0.5, 0.6) is 0 Å². The fourth-order valence-corrected chi connectivity index (χ4v) is 15.1. The third-order valence-corrected chi connectivity index (χ3v) is 22.9. The average molecular weight is 1640 g/mol. The molecule has 0 radical (unpaired) electrons. The van der Waals surface area contributed by atoms with Gasteiger partial charge in [-0.2, -0.15) is 0 Å². The van der Waals surface area contributed by atoms with E-state index in [0.717, 1.165) is 87.8 Å². The van der Waals surface area contributed by atoms with E-state index in [9.17, 15) is 45.1 Å². The average Bonchev–Trinajstić information content (AvgIpc) is 0.814. The molecule has 2 rings (SSSR count). The van der Waals surface area contributed by atoms with Crippen LogP contribution in [0, 0.1) is 0 Å². The first kappa shape index (κ1) is 109. The molecule has 0 saturated heterocycles. The molecule has 0 N–H and O–H groups in total. The Bertz CT molecular complexity index is 2740. The van der Waals surface area contributed by atoms with Gasteiger partial charge < -0.3 is 28.1 Å². The van der Waals surface area contributed by atoms with Gasteiger partial charge in [-0.05, 0) is 87.8 Å². The maximum atomic E-state index is 12.9. The summed E-state index contributed by atoms with van der Waals surface area (Å²) in [6.07, 6.45) is 97.7. The van der Waals surface area contributed by atoms with E-state index in [0.29, 0.717) is 0 Å². The zero-order valence-electron chi connectivity index (χ0n) is 72.4. The van der Waals surface area contributed by atoms with E-state index in [2.05, 4.69) is 27.7 Å². The number of carbonyl (C=O) groups is 4. The van der Waals surface area contributed by atoms with Crippen LogP contribution in [0.2, 0.25) is 0 Å². The Morgan fingerprint density at radius 2 is 0.389 bits per heavy atom. The van der Waals surface area contributed by atoms with Crippen molar-refractivity contribution in [1.82, 2.24) is 0 Å². The van der Waals surface area contributed by atoms with Crippen molar-refractivity contribution in [3.05, 3.63) is 107 Å². The van der Waals surface area contributed by atoms with Gasteiger partial charge in [0, 0.05) is 0 Å². The first-order valence-corrected chi connectivity index (χ1v) is 48.9. The van der Waals surface area contributed by atoms with Gasteiger partial charge in [0.1, 0.15) is 46.7 Å². The molecule has 2 aromatic carbocycles. The molecule has 0 heterocycles. The standard InChI is InChI=1S/2C48H82O7S.Ca/c2*1-3-5-7-9-11-13-15-17-19-21-23-25-27-29-31-33-35-37-41-54-47(49)45-40-39-44(56(51,52)53)43-46(45)48(50)55-42-38-36-34-32-30-28-26-24-22-20-18-16-14-12-10-8-6-4-2;/h2*35-40,43H,3-34,41-42H2,1-2H3,(H,51,52,53);/q;;+2/p-2/b2*37-35+,38-36+;. The molecular formula is C96H162CaO14S2. The molecule has 0 fully saturated rings. The second-order valence-corrected chi connectivity index (χ2v) is 34.3. The summed E-state index contributed by atoms with van der Waals surface area (Å²) in [5.41, 5.74) is -0.881. The Morgan fingerprint density at radius 1 is 0.239 bits per heavy atom. The van der Waals surface area contributed by atoms with Crippen molar-refractivity contribution in [2.75, 3.05) is 26.4 Å². The minimum Gasteiger partial charge on any atom is -0.744 e. The van der Waals surface area contributed by atoms with Crippen LogP contribution in [0.3, 0.4) is 0 Å². The predicted octanol–water partition coefficient (Wildman–Crippen LogP) is 28.7. The van der Waals surface area contributed by atoms with Crippen molar-refractivity contribution < 1.29 is 64.1 Å². The molecular weight excluding hydrogens is 1480 g/mol. The molecule has 0 saturated carbocycles. The zero-order valence-corrected chi connectivity index (χ0v) is 76.2. The summed E-state index contributed by atoms with van der Waals surface area (Å²) in [6, 6.07) is 6.09. The van der Waals surface area contributed by atoms with Crippen LogP contribution < -0.4 is 0 Å². The molecule has 0 unspecified atom stereocenters. The van der Waals surface area contributed by atoms with Crippen LogP contribution in [0.4, 0.5) is 0 Å². The van der Waals surface area contributed by atoms with Crippen LogP contribution in [-0.4, -0.2) is 114 Å². The number of allylic oxidation sites excluding steroid dienone is 4. The van der Waals surface area contributed by atoms with Gasteiger partial charge in [0.25, 0.3) is 0 Å². The van der Waals surface area contributed by atoms with Crippen molar-refractivity contribution in [3.63, 3.8) is 0 Å². The van der Waals surface area contributed by atoms with E-state index in [1.54, 1.807) is 24.3 Å². The quantitative estimate of drug-likeness (QED) is 0.0150. The van der Waals surface area contributed by atoms with Gasteiger partial charge in [0.15, 0.2) is 0 Å². The third kappa shape index (κ3) is 67.9. The summed E-state index contributed by atoms with van der Waals surface area (Å²) >= 11 is 0. The second-order valence-electron chi connectivity index (χ2n) is 31.6. The van der Waals surface area contributed by atoms with Crippen molar-refractivity contribution in [2.24, 2.45) is 0 Å². The second kappa shape index (κ2) is 80.8. The Labute approximate surface area is 722 Å². The number of esters is 4. The van der Waals surface area contributed by atoms with E-state index in [-0.39, 0.29) is 86.4 Å². The monoisotopic (exact) mass is 1640 g/mol. The summed E-state index contributed by atoms with van der Waals surface area (Å²) in [7, 11) is -9.68. The molecule has 113 heavy (non-hydrogen) atoms. The minimum absolute atomic E-state index is 0. The topological polar surface area (TPSA) is 220 Å². The molecule has 0 aliphatic carbocycles. The fraction of sp³-hybridized carbons (Fsp3) is 0.750. The van der Waals surface area contributed by atoms with Crippen LogP contribution in [0.25, 0.3) is 0 Å². The zero-order chi connectivity index (χ0) is 81.6. The molecule has 17 heteroatoms. The molecule has 0 aliphatic heterocycles. The number of ether oxygens (including phenoxy) is 4. The van der Waals surface area contributed by atoms with Crippen LogP contribution >= 0.6 is 0 Å². The Hall–Kier alpha value is -3.64. The maximum absolute atomic E-state index is 12.9. The van der Waals surface area contributed by atoms with Gasteiger partial charge in [0.05, 0.1) is 32.0 Å². The molecule has 0 bridgehead atoms. The minimum atomic E-state index is -4.84. The summed E-state index contributed by atoms with van der Waals surface area (Å²) in [4.78, 5) is 50.3. The van der Waals surface area contributed by atoms with Crippen molar-refractivity contribution in [3.8, 4) is 0 Å². The van der Waals surface area contributed by atoms with Crippen LogP contribution in [0.15, 0.2) is 94.8 Å². The summed E-state index contributed by atoms with van der Waals surface area (Å²) < 4.78 is 91.2. The van der Waals surface area contributed by atoms with E-state index < -0.39 is 53.9 Å². The normalized spacial score (nSPS) is 11.8. The number of benzene rings is 2. The third-order valence-electron chi connectivity index (χ3n) is 21.2. The Balaban J connectivity index is 0.00000220. The number of hydrogen-bond donors (Lipinski definition) is 0. The SMILES string of the molecule is CCCCCCCCCCCCCCCCC/C=C/COC(=O)c1ccc(S(=O)(=O)[O-])cc1C(=O)OC/C=C/CCCCCCCCCCCCCCCCC.CCCCCCCCCCCCCCCCC/C=C/COC(=O)c1ccc(S(=O)(=O)[O-])cc1C(=O)OC/C=C/CCCCCCCCCCCCCCCCC.[Ca+2]. The summed E-state index contributed by atoms with van der Waals surface area (Å²) in [5, 5.41) is 0. The van der Waals surface area contributed by atoms with Crippen molar-refractivity contribution in [2.45, 2.75) is 448 Å². The van der Waals surface area contributed by atoms with E-state index >= 15 is 0 Å². The number of rotatable bonds is 78. The molecule has 0 spiro atoms. The Kier molecular flexibility index (Phi) is 78.2. The maximum Gasteiger partial charge on any atom is 2.00 e. The summed E-state index contributed by atoms with van der Waals surface area (Å²) in [5.74, 6) is -3.34. The molecule has 0 amide bonds. The van der Waals surface area contributed by atoms with Gasteiger partial charge in [0.2, 0.25) is 0 Å². The number of unbranched alkanes of at least 4 members (excludes halogenated alkanes) is 60. The van der Waals surface area contributed by atoms with Gasteiger partial charge in [-0.15, -0.1) is 0 Å². The van der Waals surface area contributed by atoms with E-state index in [1.165, 1.54) is 360 Å². The van der Waals surface area contributed by atoms with Crippen molar-refractivity contribution in [1.29, 1.82) is 0 Å². The van der Waals surface area contributed by atoms with Gasteiger partial charge in [-0.3, -0.25) is 0 Å². The smallest absolute Gasteiger partial charge is 0.744 e. The Morgan fingerprint density at radius 3 is 0.549 bits per heavy atom. The number of carbonyl (C=O) groups excluding carboxylic acids is 4. The van der Waals surface area contributed by atoms with Crippen molar-refractivity contribution >= 4 is 81.9 Å². The first-order valence-electron chi connectivity index (χ1n) is 46.1. The molecule has 644 valence electrons. The van der Waals surface area contributed by atoms with Gasteiger partial charge >= 0.3 is 61.6 Å². The molecule has 2 aromatic rings. The van der Waals surface area contributed by atoms with Crippen LogP contribution in [-0.2, 0) is 39.2 Å². The van der Waals surface area contributed by atoms with Gasteiger partial charge in [-0.1, -0.05) is 436 Å². The summed E-state index contributed by atoms with van der Waals surface area (Å²) in [6.45, 7) is 9.05. The van der Waals surface area contributed by atoms with Crippen LogP contribution in [0.1, 0.15) is 480 Å². The first-order chi connectivity index (χ1) is 54.6. The molecule has 0 atom stereocenters. The van der Waals surface area contributed by atoms with E-state index in [4.69, 9.17) is 18.9 Å². The molecule has 14 nitrogen and oxygen atoms in total.